The molecule has 0 aliphatic carbocycles. The van der Waals surface area contributed by atoms with Crippen molar-refractivity contribution in [2.24, 2.45) is 0 Å². The van der Waals surface area contributed by atoms with Crippen LogP contribution in [0.4, 0.5) is 0 Å². The molecule has 1 atom stereocenters. The topological polar surface area (TPSA) is 100 Å². The second-order valence-electron chi connectivity index (χ2n) is 7.96. The Morgan fingerprint density at radius 1 is 1.17 bits per heavy atom. The molecule has 0 saturated carbocycles. The average molecular weight is 426 g/mol. The molecule has 3 N–H and O–H groups in total. The Morgan fingerprint density at radius 3 is 2.55 bits per heavy atom. The van der Waals surface area contributed by atoms with Gasteiger partial charge in [0.1, 0.15) is 0 Å². The van der Waals surface area contributed by atoms with Crippen LogP contribution in [-0.2, 0) is 19.6 Å². The number of amides is 2. The Balaban J connectivity index is 1.95. The summed E-state index contributed by atoms with van der Waals surface area (Å²) in [6.07, 6.45) is 2.16. The largest absolute Gasteiger partial charge is 0.348 e. The van der Waals surface area contributed by atoms with Crippen LogP contribution in [0.2, 0.25) is 0 Å². The van der Waals surface area contributed by atoms with Crippen LogP contribution in [0.15, 0.2) is 23.1 Å². The molecular weight excluding hydrogens is 392 g/mol. The molecule has 1 aromatic rings. The number of quaternary nitrogens is 1. The van der Waals surface area contributed by atoms with Gasteiger partial charge >= 0.3 is 11.8 Å². The van der Waals surface area contributed by atoms with Crippen LogP contribution >= 0.6 is 0 Å². The van der Waals surface area contributed by atoms with Crippen molar-refractivity contribution in [1.29, 1.82) is 0 Å². The molecular formula is C20H33N4O4S+. The quantitative estimate of drug-likeness (QED) is 0.376. The fraction of sp³-hybridized carbons (Fsp3) is 0.600. The third-order valence-corrected chi connectivity index (χ3v) is 7.19. The molecule has 1 aliphatic heterocycles. The van der Waals surface area contributed by atoms with E-state index in [1.165, 1.54) is 9.21 Å². The maximum absolute atomic E-state index is 13.2. The highest BCUT2D eigenvalue weighted by Gasteiger charge is 2.36. The van der Waals surface area contributed by atoms with E-state index in [0.29, 0.717) is 30.0 Å². The van der Waals surface area contributed by atoms with E-state index in [-0.39, 0.29) is 12.6 Å². The summed E-state index contributed by atoms with van der Waals surface area (Å²) in [5.74, 6) is -1.40. The highest BCUT2D eigenvalue weighted by atomic mass is 32.2. The lowest BCUT2D eigenvalue weighted by Crippen LogP contribution is -3.05. The lowest BCUT2D eigenvalue weighted by atomic mass is 10.2. The van der Waals surface area contributed by atoms with Gasteiger partial charge in [-0.1, -0.05) is 12.1 Å². The zero-order chi connectivity index (χ0) is 21.6. The van der Waals surface area contributed by atoms with Gasteiger partial charge in [0.2, 0.25) is 10.0 Å². The van der Waals surface area contributed by atoms with Crippen molar-refractivity contribution in [1.82, 2.24) is 14.9 Å². The minimum absolute atomic E-state index is 0.123. The molecule has 8 nitrogen and oxygen atoms in total. The van der Waals surface area contributed by atoms with E-state index >= 15 is 0 Å². The smallest absolute Gasteiger partial charge is 0.309 e. The van der Waals surface area contributed by atoms with Gasteiger partial charge in [0.25, 0.3) is 0 Å². The number of nitrogens with zero attached hydrogens (tertiary/aromatic N) is 1. The summed E-state index contributed by atoms with van der Waals surface area (Å²) >= 11 is 0. The van der Waals surface area contributed by atoms with Crippen molar-refractivity contribution in [3.63, 3.8) is 0 Å². The Hall–Kier alpha value is -1.97. The molecule has 1 fully saturated rings. The van der Waals surface area contributed by atoms with Gasteiger partial charge in [-0.05, 0) is 43.9 Å². The van der Waals surface area contributed by atoms with E-state index in [0.717, 1.165) is 24.9 Å². The molecule has 0 radical (unpaired) electrons. The van der Waals surface area contributed by atoms with Crippen molar-refractivity contribution in [2.75, 3.05) is 40.3 Å². The van der Waals surface area contributed by atoms with Crippen LogP contribution in [0.3, 0.4) is 0 Å². The molecule has 0 aromatic heterocycles. The van der Waals surface area contributed by atoms with E-state index in [9.17, 15) is 18.0 Å². The molecule has 2 rings (SSSR count). The van der Waals surface area contributed by atoms with Crippen LogP contribution < -0.4 is 15.5 Å². The minimum atomic E-state index is -3.66. The molecule has 1 aliphatic rings. The first-order valence-corrected chi connectivity index (χ1v) is 11.5. The van der Waals surface area contributed by atoms with Gasteiger partial charge in [-0.25, -0.2) is 8.42 Å². The fourth-order valence-corrected chi connectivity index (χ4v) is 5.46. The summed E-state index contributed by atoms with van der Waals surface area (Å²) in [4.78, 5) is 25.5. The monoisotopic (exact) mass is 425 g/mol. The Kier molecular flexibility index (Phi) is 8.18. The maximum atomic E-state index is 13.2. The van der Waals surface area contributed by atoms with E-state index in [2.05, 4.69) is 10.6 Å². The molecule has 2 amide bonds. The van der Waals surface area contributed by atoms with Gasteiger partial charge in [0.15, 0.2) is 0 Å². The highest BCUT2D eigenvalue weighted by molar-refractivity contribution is 7.89. The molecule has 1 heterocycles. The van der Waals surface area contributed by atoms with Gasteiger partial charge in [0, 0.05) is 32.1 Å². The third kappa shape index (κ3) is 6.25. The first kappa shape index (κ1) is 23.3. The molecule has 0 spiro atoms. The van der Waals surface area contributed by atoms with E-state index in [1.807, 2.05) is 27.1 Å². The second-order valence-corrected chi connectivity index (χ2v) is 9.82. The molecule has 9 heteroatoms. The summed E-state index contributed by atoms with van der Waals surface area (Å²) in [6, 6.07) is 5.02. The molecule has 1 aromatic carbocycles. The van der Waals surface area contributed by atoms with Crippen LogP contribution in [-0.4, -0.2) is 70.9 Å². The summed E-state index contributed by atoms with van der Waals surface area (Å²) in [5.41, 5.74) is 1.58. The number of rotatable bonds is 8. The standard InChI is InChI=1S/C20H32N4O4S/c1-15-8-9-16(2)18(13-15)29(27,28)24-12-5-7-17(24)14-22-20(26)19(25)21-10-6-11-23(3)4/h8-9,13,17H,5-7,10-12,14H2,1-4H3,(H,21,25)(H,22,26)/p+1/t17-/m0/s1. The van der Waals surface area contributed by atoms with Crippen molar-refractivity contribution in [3.8, 4) is 0 Å². The van der Waals surface area contributed by atoms with Gasteiger partial charge in [0.05, 0.1) is 25.5 Å². The van der Waals surface area contributed by atoms with E-state index < -0.39 is 21.8 Å². The predicted octanol–water partition coefficient (Wildman–Crippen LogP) is -0.776. The van der Waals surface area contributed by atoms with E-state index in [1.54, 1.807) is 19.1 Å². The number of sulfonamides is 1. The lowest BCUT2D eigenvalue weighted by molar-refractivity contribution is -0.858. The molecule has 162 valence electrons. The first-order valence-electron chi connectivity index (χ1n) is 10.1. The normalized spacial score (nSPS) is 17.5. The van der Waals surface area contributed by atoms with Gasteiger partial charge in [-0.15, -0.1) is 0 Å². The Bertz CT molecular complexity index is 839. The zero-order valence-corrected chi connectivity index (χ0v) is 18.6. The number of carbonyl (C=O) groups excluding carboxylic acids is 2. The number of nitrogens with one attached hydrogen (secondary N) is 3. The lowest BCUT2D eigenvalue weighted by Gasteiger charge is -2.25. The average Bonchev–Trinajstić information content (AvgIpc) is 3.14. The number of hydrogen-bond acceptors (Lipinski definition) is 4. The van der Waals surface area contributed by atoms with Crippen molar-refractivity contribution < 1.29 is 22.9 Å². The maximum Gasteiger partial charge on any atom is 0.309 e. The Labute approximate surface area is 173 Å². The highest BCUT2D eigenvalue weighted by Crippen LogP contribution is 2.28. The van der Waals surface area contributed by atoms with Crippen LogP contribution in [0.1, 0.15) is 30.4 Å². The summed E-state index contributed by atoms with van der Waals surface area (Å²) in [6.45, 7) is 5.51. The number of aryl methyl sites for hydroxylation is 2. The minimum Gasteiger partial charge on any atom is -0.348 e. The van der Waals surface area contributed by atoms with Crippen LogP contribution in [0.5, 0.6) is 0 Å². The van der Waals surface area contributed by atoms with Crippen molar-refractivity contribution in [3.05, 3.63) is 29.3 Å². The molecule has 1 saturated heterocycles. The molecule has 0 bridgehead atoms. The second kappa shape index (κ2) is 10.2. The molecule has 29 heavy (non-hydrogen) atoms. The summed E-state index contributed by atoms with van der Waals surface area (Å²) in [7, 11) is 0.388. The number of hydrogen-bond donors (Lipinski definition) is 3. The Morgan fingerprint density at radius 2 is 1.86 bits per heavy atom. The predicted molar refractivity (Wildman–Crippen MR) is 111 cm³/mol. The zero-order valence-electron chi connectivity index (χ0n) is 17.7. The third-order valence-electron chi connectivity index (χ3n) is 5.10. The SMILES string of the molecule is Cc1ccc(C)c(S(=O)(=O)N2CCC[C@H]2CNC(=O)C(=O)NCCC[NH+](C)C)c1. The van der Waals surface area contributed by atoms with Gasteiger partial charge < -0.3 is 15.5 Å². The first-order chi connectivity index (χ1) is 13.6. The number of carbonyl (C=O) groups is 2. The molecule has 0 unspecified atom stereocenters. The van der Waals surface area contributed by atoms with Crippen LogP contribution in [0, 0.1) is 13.8 Å². The summed E-state index contributed by atoms with van der Waals surface area (Å²) in [5, 5.41) is 5.19. The van der Waals surface area contributed by atoms with Crippen molar-refractivity contribution in [2.45, 2.75) is 44.0 Å². The van der Waals surface area contributed by atoms with Gasteiger partial charge in [-0.3, -0.25) is 9.59 Å². The van der Waals surface area contributed by atoms with Gasteiger partial charge in [-0.2, -0.15) is 4.31 Å². The number of benzene rings is 1. The van der Waals surface area contributed by atoms with Crippen LogP contribution in [0.25, 0.3) is 0 Å². The van der Waals surface area contributed by atoms with E-state index in [4.69, 9.17) is 0 Å². The summed E-state index contributed by atoms with van der Waals surface area (Å²) < 4.78 is 27.8. The fourth-order valence-electron chi connectivity index (χ4n) is 3.46. The van der Waals surface area contributed by atoms with Crippen molar-refractivity contribution >= 4 is 21.8 Å².